The SMILES string of the molecule is Cc1ccc(C)c([C@H](C)NC(=O)c2cccn2Cc2cccs2)c1. The van der Waals surface area contributed by atoms with Crippen molar-refractivity contribution in [1.82, 2.24) is 9.88 Å². The van der Waals surface area contributed by atoms with Gasteiger partial charge in [0, 0.05) is 11.1 Å². The van der Waals surface area contributed by atoms with Crippen LogP contribution in [0.1, 0.15) is 45.0 Å². The van der Waals surface area contributed by atoms with E-state index in [-0.39, 0.29) is 11.9 Å². The van der Waals surface area contributed by atoms with E-state index in [1.165, 1.54) is 21.6 Å². The first-order chi connectivity index (χ1) is 11.5. The molecule has 0 aliphatic heterocycles. The molecule has 124 valence electrons. The molecule has 0 spiro atoms. The third kappa shape index (κ3) is 3.60. The van der Waals surface area contributed by atoms with Crippen LogP contribution >= 0.6 is 11.3 Å². The van der Waals surface area contributed by atoms with Gasteiger partial charge in [-0.1, -0.05) is 29.8 Å². The van der Waals surface area contributed by atoms with Crippen LogP contribution in [0, 0.1) is 13.8 Å². The number of hydrogen-bond acceptors (Lipinski definition) is 2. The molecule has 2 aromatic heterocycles. The lowest BCUT2D eigenvalue weighted by Crippen LogP contribution is -2.29. The molecule has 0 bridgehead atoms. The van der Waals surface area contributed by atoms with Crippen LogP contribution in [0.2, 0.25) is 0 Å². The van der Waals surface area contributed by atoms with Crippen LogP contribution in [-0.4, -0.2) is 10.5 Å². The second-order valence-electron chi connectivity index (χ2n) is 6.16. The fraction of sp³-hybridized carbons (Fsp3) is 0.250. The summed E-state index contributed by atoms with van der Waals surface area (Å²) in [6.07, 6.45) is 1.96. The Kier molecular flexibility index (Phi) is 4.86. The maximum absolute atomic E-state index is 12.7. The lowest BCUT2D eigenvalue weighted by molar-refractivity contribution is 0.0931. The lowest BCUT2D eigenvalue weighted by Gasteiger charge is -2.18. The summed E-state index contributed by atoms with van der Waals surface area (Å²) in [5.74, 6) is -0.0371. The van der Waals surface area contributed by atoms with Crippen LogP contribution < -0.4 is 5.32 Å². The van der Waals surface area contributed by atoms with Crippen LogP contribution in [0.3, 0.4) is 0 Å². The highest BCUT2D eigenvalue weighted by Gasteiger charge is 2.16. The van der Waals surface area contributed by atoms with Crippen molar-refractivity contribution in [3.8, 4) is 0 Å². The number of thiophene rings is 1. The molecule has 0 aliphatic carbocycles. The Bertz CT molecular complexity index is 833. The molecule has 0 saturated carbocycles. The first kappa shape index (κ1) is 16.5. The second-order valence-corrected chi connectivity index (χ2v) is 7.19. The lowest BCUT2D eigenvalue weighted by atomic mass is 10.00. The molecule has 3 nitrogen and oxygen atoms in total. The average Bonchev–Trinajstić information content (AvgIpc) is 3.21. The van der Waals surface area contributed by atoms with E-state index in [0.29, 0.717) is 5.69 Å². The van der Waals surface area contributed by atoms with Gasteiger partial charge in [0.25, 0.3) is 5.91 Å². The predicted molar refractivity (Wildman–Crippen MR) is 99.7 cm³/mol. The first-order valence-electron chi connectivity index (χ1n) is 8.10. The Balaban J connectivity index is 1.75. The molecule has 24 heavy (non-hydrogen) atoms. The number of amides is 1. The quantitative estimate of drug-likeness (QED) is 0.718. The molecule has 0 unspecified atom stereocenters. The van der Waals surface area contributed by atoms with Gasteiger partial charge < -0.3 is 9.88 Å². The molecular formula is C20H22N2OS. The molecule has 3 rings (SSSR count). The number of carbonyl (C=O) groups excluding carboxylic acids is 1. The van der Waals surface area contributed by atoms with Crippen molar-refractivity contribution in [3.63, 3.8) is 0 Å². The van der Waals surface area contributed by atoms with Crippen LogP contribution in [0.15, 0.2) is 54.0 Å². The van der Waals surface area contributed by atoms with Crippen LogP contribution in [0.4, 0.5) is 0 Å². The number of nitrogens with one attached hydrogen (secondary N) is 1. The fourth-order valence-electron chi connectivity index (χ4n) is 2.90. The number of hydrogen-bond donors (Lipinski definition) is 1. The third-order valence-electron chi connectivity index (χ3n) is 4.22. The molecule has 3 aromatic rings. The van der Waals surface area contributed by atoms with Gasteiger partial charge >= 0.3 is 0 Å². The minimum atomic E-state index is -0.0371. The van der Waals surface area contributed by atoms with Gasteiger partial charge in [-0.05, 0) is 55.5 Å². The summed E-state index contributed by atoms with van der Waals surface area (Å²) in [5.41, 5.74) is 4.26. The topological polar surface area (TPSA) is 34.0 Å². The smallest absolute Gasteiger partial charge is 0.268 e. The summed E-state index contributed by atoms with van der Waals surface area (Å²) >= 11 is 1.70. The summed E-state index contributed by atoms with van der Waals surface area (Å²) in [4.78, 5) is 13.9. The van der Waals surface area contributed by atoms with E-state index in [0.717, 1.165) is 6.54 Å². The van der Waals surface area contributed by atoms with Crippen molar-refractivity contribution >= 4 is 17.2 Å². The number of aromatic nitrogens is 1. The highest BCUT2D eigenvalue weighted by molar-refractivity contribution is 7.09. The molecular weight excluding hydrogens is 316 g/mol. The molecule has 1 amide bonds. The highest BCUT2D eigenvalue weighted by atomic mass is 32.1. The zero-order valence-electron chi connectivity index (χ0n) is 14.2. The Morgan fingerprint density at radius 1 is 1.21 bits per heavy atom. The Morgan fingerprint density at radius 2 is 2.04 bits per heavy atom. The van der Waals surface area contributed by atoms with Gasteiger partial charge in [0.05, 0.1) is 12.6 Å². The van der Waals surface area contributed by atoms with Crippen molar-refractivity contribution in [2.45, 2.75) is 33.4 Å². The number of benzene rings is 1. The van der Waals surface area contributed by atoms with Gasteiger partial charge in [-0.25, -0.2) is 0 Å². The zero-order chi connectivity index (χ0) is 17.1. The van der Waals surface area contributed by atoms with Crippen molar-refractivity contribution in [1.29, 1.82) is 0 Å². The van der Waals surface area contributed by atoms with Crippen molar-refractivity contribution in [2.24, 2.45) is 0 Å². The third-order valence-corrected chi connectivity index (χ3v) is 5.08. The highest BCUT2D eigenvalue weighted by Crippen LogP contribution is 2.20. The van der Waals surface area contributed by atoms with E-state index in [9.17, 15) is 4.79 Å². The monoisotopic (exact) mass is 338 g/mol. The van der Waals surface area contributed by atoms with Gasteiger partial charge in [0.2, 0.25) is 0 Å². The minimum Gasteiger partial charge on any atom is -0.344 e. The number of nitrogens with zero attached hydrogens (tertiary/aromatic N) is 1. The van der Waals surface area contributed by atoms with Crippen LogP contribution in [0.5, 0.6) is 0 Å². The molecule has 0 saturated heterocycles. The summed E-state index contributed by atoms with van der Waals surface area (Å²) < 4.78 is 2.00. The molecule has 1 atom stereocenters. The maximum Gasteiger partial charge on any atom is 0.268 e. The second kappa shape index (κ2) is 7.05. The van der Waals surface area contributed by atoms with Crippen LogP contribution in [0.25, 0.3) is 0 Å². The summed E-state index contributed by atoms with van der Waals surface area (Å²) in [6, 6.07) is 14.2. The number of carbonyl (C=O) groups is 1. The predicted octanol–water partition coefficient (Wildman–Crippen LogP) is 4.71. The Labute approximate surface area is 147 Å². The molecule has 4 heteroatoms. The Morgan fingerprint density at radius 3 is 2.79 bits per heavy atom. The van der Waals surface area contributed by atoms with Crippen molar-refractivity contribution in [2.75, 3.05) is 0 Å². The molecule has 0 aliphatic rings. The van der Waals surface area contributed by atoms with E-state index in [4.69, 9.17) is 0 Å². The van der Waals surface area contributed by atoms with Gasteiger partial charge in [-0.2, -0.15) is 0 Å². The van der Waals surface area contributed by atoms with Crippen molar-refractivity contribution < 1.29 is 4.79 Å². The normalized spacial score (nSPS) is 12.1. The summed E-state index contributed by atoms with van der Waals surface area (Å²) in [6.45, 7) is 6.91. The summed E-state index contributed by atoms with van der Waals surface area (Å²) in [5, 5.41) is 5.19. The van der Waals surface area contributed by atoms with Gasteiger partial charge in [0.15, 0.2) is 0 Å². The molecule has 1 aromatic carbocycles. The maximum atomic E-state index is 12.7. The van der Waals surface area contributed by atoms with E-state index >= 15 is 0 Å². The molecule has 0 fully saturated rings. The van der Waals surface area contributed by atoms with E-state index < -0.39 is 0 Å². The van der Waals surface area contributed by atoms with E-state index in [1.807, 2.05) is 35.9 Å². The average molecular weight is 338 g/mol. The van der Waals surface area contributed by atoms with Gasteiger partial charge in [0.1, 0.15) is 5.69 Å². The zero-order valence-corrected chi connectivity index (χ0v) is 15.1. The number of aryl methyl sites for hydroxylation is 2. The molecule has 0 radical (unpaired) electrons. The van der Waals surface area contributed by atoms with E-state index in [1.54, 1.807) is 11.3 Å². The minimum absolute atomic E-state index is 0.0255. The summed E-state index contributed by atoms with van der Waals surface area (Å²) in [7, 11) is 0. The van der Waals surface area contributed by atoms with Crippen LogP contribution in [-0.2, 0) is 6.54 Å². The van der Waals surface area contributed by atoms with Gasteiger partial charge in [-0.15, -0.1) is 11.3 Å². The molecule has 2 heterocycles. The first-order valence-corrected chi connectivity index (χ1v) is 8.98. The standard InChI is InChI=1S/C20H22N2OS/c1-14-8-9-15(2)18(12-14)16(3)21-20(23)19-7-4-10-22(19)13-17-6-5-11-24-17/h4-12,16H,13H2,1-3H3,(H,21,23)/t16-/m0/s1. The molecule has 1 N–H and O–H groups in total. The largest absolute Gasteiger partial charge is 0.344 e. The fourth-order valence-corrected chi connectivity index (χ4v) is 3.61. The Hall–Kier alpha value is -2.33. The number of rotatable bonds is 5. The van der Waals surface area contributed by atoms with Gasteiger partial charge in [-0.3, -0.25) is 4.79 Å². The van der Waals surface area contributed by atoms with E-state index in [2.05, 4.69) is 48.8 Å². The van der Waals surface area contributed by atoms with Crippen molar-refractivity contribution in [3.05, 3.63) is 81.3 Å².